The van der Waals surface area contributed by atoms with Crippen LogP contribution >= 0.6 is 0 Å². The molecule has 104 valence electrons. The molecule has 0 saturated carbocycles. The van der Waals surface area contributed by atoms with Crippen LogP contribution in [-0.2, 0) is 0 Å². The lowest BCUT2D eigenvalue weighted by Crippen LogP contribution is -2.07. The molecule has 0 heterocycles. The average molecular weight is 265 g/mol. The molecule has 2 aromatic carbocycles. The molecule has 1 N–H and O–H groups in total. The monoisotopic (exact) mass is 265 g/mol. The molecule has 2 aromatic rings. The van der Waals surface area contributed by atoms with E-state index in [0.717, 1.165) is 19.3 Å². The lowest BCUT2D eigenvalue weighted by Gasteiger charge is -2.22. The minimum Gasteiger partial charge on any atom is -0.313 e. The molecular formula is C19H23N. The maximum atomic E-state index is 7.46. The summed E-state index contributed by atoms with van der Waals surface area (Å²) in [6.45, 7) is 2.25. The summed E-state index contributed by atoms with van der Waals surface area (Å²) in [4.78, 5) is 0. The standard InChI is InChI=1S/C19H23N/c1-2-16(17-9-5-3-6-10-17)15-19(13-14-20)18-11-7-4-8-12-18/h3-12,14,16,19-20H,2,13,15H2,1H3. The number of nitrogens with one attached hydrogen (secondary N) is 1. The van der Waals surface area contributed by atoms with Gasteiger partial charge in [-0.1, -0.05) is 67.6 Å². The van der Waals surface area contributed by atoms with Gasteiger partial charge in [0, 0.05) is 0 Å². The Morgan fingerprint density at radius 1 is 0.850 bits per heavy atom. The fourth-order valence-electron chi connectivity index (χ4n) is 2.84. The van der Waals surface area contributed by atoms with E-state index in [0.29, 0.717) is 11.8 Å². The zero-order valence-corrected chi connectivity index (χ0v) is 12.1. The van der Waals surface area contributed by atoms with E-state index in [1.54, 1.807) is 6.21 Å². The van der Waals surface area contributed by atoms with Crippen LogP contribution in [0.3, 0.4) is 0 Å². The van der Waals surface area contributed by atoms with Gasteiger partial charge in [-0.05, 0) is 48.4 Å². The van der Waals surface area contributed by atoms with E-state index in [9.17, 15) is 0 Å². The van der Waals surface area contributed by atoms with Gasteiger partial charge in [-0.15, -0.1) is 0 Å². The van der Waals surface area contributed by atoms with Crippen molar-refractivity contribution in [1.82, 2.24) is 0 Å². The van der Waals surface area contributed by atoms with E-state index < -0.39 is 0 Å². The van der Waals surface area contributed by atoms with E-state index in [-0.39, 0.29) is 0 Å². The van der Waals surface area contributed by atoms with Gasteiger partial charge in [0.2, 0.25) is 0 Å². The normalized spacial score (nSPS) is 13.7. The lowest BCUT2D eigenvalue weighted by molar-refractivity contribution is 0.530. The van der Waals surface area contributed by atoms with Crippen molar-refractivity contribution in [2.45, 2.75) is 38.0 Å². The molecule has 0 fully saturated rings. The van der Waals surface area contributed by atoms with E-state index in [1.165, 1.54) is 11.1 Å². The number of hydrogen-bond donors (Lipinski definition) is 1. The summed E-state index contributed by atoms with van der Waals surface area (Å²) < 4.78 is 0. The van der Waals surface area contributed by atoms with Gasteiger partial charge in [0.05, 0.1) is 0 Å². The summed E-state index contributed by atoms with van der Waals surface area (Å²) >= 11 is 0. The molecule has 2 rings (SSSR count). The SMILES string of the molecule is CCC(CC(CC=N)c1ccccc1)c1ccccc1. The zero-order chi connectivity index (χ0) is 14.2. The van der Waals surface area contributed by atoms with Crippen molar-refractivity contribution >= 4 is 6.21 Å². The van der Waals surface area contributed by atoms with Gasteiger partial charge in [-0.25, -0.2) is 0 Å². The smallest absolute Gasteiger partial charge is 0.00417 e. The maximum Gasteiger partial charge on any atom is -0.00417 e. The first-order valence-corrected chi connectivity index (χ1v) is 7.44. The molecule has 0 radical (unpaired) electrons. The molecule has 1 heteroatoms. The van der Waals surface area contributed by atoms with Gasteiger partial charge in [0.25, 0.3) is 0 Å². The second-order valence-electron chi connectivity index (χ2n) is 5.30. The molecular weight excluding hydrogens is 242 g/mol. The van der Waals surface area contributed by atoms with E-state index in [2.05, 4.69) is 67.6 Å². The Morgan fingerprint density at radius 3 is 1.80 bits per heavy atom. The first kappa shape index (κ1) is 14.5. The summed E-state index contributed by atoms with van der Waals surface area (Å²) in [5.41, 5.74) is 2.77. The maximum absolute atomic E-state index is 7.46. The van der Waals surface area contributed by atoms with Crippen LogP contribution in [0.25, 0.3) is 0 Å². The van der Waals surface area contributed by atoms with Gasteiger partial charge in [-0.3, -0.25) is 0 Å². The Kier molecular flexibility index (Phi) is 5.55. The minimum atomic E-state index is 0.443. The molecule has 0 aliphatic heterocycles. The van der Waals surface area contributed by atoms with E-state index in [1.807, 2.05) is 0 Å². The highest BCUT2D eigenvalue weighted by molar-refractivity contribution is 5.55. The lowest BCUT2D eigenvalue weighted by atomic mass is 9.82. The molecule has 0 aliphatic carbocycles. The van der Waals surface area contributed by atoms with Crippen molar-refractivity contribution in [2.24, 2.45) is 0 Å². The number of hydrogen-bond acceptors (Lipinski definition) is 1. The van der Waals surface area contributed by atoms with Crippen LogP contribution in [0.2, 0.25) is 0 Å². The van der Waals surface area contributed by atoms with Crippen molar-refractivity contribution in [3.8, 4) is 0 Å². The first-order chi connectivity index (χ1) is 9.85. The molecule has 0 aromatic heterocycles. The van der Waals surface area contributed by atoms with Crippen molar-refractivity contribution in [1.29, 1.82) is 5.41 Å². The molecule has 20 heavy (non-hydrogen) atoms. The van der Waals surface area contributed by atoms with Crippen molar-refractivity contribution < 1.29 is 0 Å². The summed E-state index contributed by atoms with van der Waals surface area (Å²) in [7, 11) is 0. The topological polar surface area (TPSA) is 23.9 Å². The van der Waals surface area contributed by atoms with Crippen LogP contribution in [0.5, 0.6) is 0 Å². The van der Waals surface area contributed by atoms with Gasteiger partial charge >= 0.3 is 0 Å². The zero-order valence-electron chi connectivity index (χ0n) is 12.1. The van der Waals surface area contributed by atoms with Gasteiger partial charge in [0.1, 0.15) is 0 Å². The minimum absolute atomic E-state index is 0.443. The van der Waals surface area contributed by atoms with Crippen LogP contribution in [0.4, 0.5) is 0 Å². The molecule has 2 atom stereocenters. The Hall–Kier alpha value is -1.89. The second-order valence-corrected chi connectivity index (χ2v) is 5.30. The van der Waals surface area contributed by atoms with Gasteiger partial charge < -0.3 is 5.41 Å². The fraction of sp³-hybridized carbons (Fsp3) is 0.316. The largest absolute Gasteiger partial charge is 0.313 e. The van der Waals surface area contributed by atoms with Crippen molar-refractivity contribution in [2.75, 3.05) is 0 Å². The second kappa shape index (κ2) is 7.64. The fourth-order valence-corrected chi connectivity index (χ4v) is 2.84. The van der Waals surface area contributed by atoms with Crippen molar-refractivity contribution in [3.05, 3.63) is 71.8 Å². The highest BCUT2D eigenvalue weighted by atomic mass is 14.3. The molecule has 0 bridgehead atoms. The third kappa shape index (κ3) is 3.80. The highest BCUT2D eigenvalue weighted by Gasteiger charge is 2.17. The molecule has 0 spiro atoms. The summed E-state index contributed by atoms with van der Waals surface area (Å²) in [5, 5.41) is 7.46. The van der Waals surface area contributed by atoms with Crippen LogP contribution in [0, 0.1) is 5.41 Å². The molecule has 2 unspecified atom stereocenters. The Balaban J connectivity index is 2.16. The predicted octanol–water partition coefficient (Wildman–Crippen LogP) is 5.39. The van der Waals surface area contributed by atoms with E-state index >= 15 is 0 Å². The quantitative estimate of drug-likeness (QED) is 0.649. The molecule has 0 amide bonds. The van der Waals surface area contributed by atoms with Crippen LogP contribution < -0.4 is 0 Å². The first-order valence-electron chi connectivity index (χ1n) is 7.44. The average Bonchev–Trinajstić information content (AvgIpc) is 2.53. The highest BCUT2D eigenvalue weighted by Crippen LogP contribution is 2.33. The van der Waals surface area contributed by atoms with Gasteiger partial charge in [0.15, 0.2) is 0 Å². The number of rotatable bonds is 7. The summed E-state index contributed by atoms with van der Waals surface area (Å²) in [5.74, 6) is 1.01. The van der Waals surface area contributed by atoms with E-state index in [4.69, 9.17) is 5.41 Å². The molecule has 0 saturated heterocycles. The number of benzene rings is 2. The Morgan fingerprint density at radius 2 is 1.35 bits per heavy atom. The third-order valence-electron chi connectivity index (χ3n) is 4.01. The predicted molar refractivity (Wildman–Crippen MR) is 86.7 cm³/mol. The van der Waals surface area contributed by atoms with Gasteiger partial charge in [-0.2, -0.15) is 0 Å². The van der Waals surface area contributed by atoms with Crippen LogP contribution in [0.15, 0.2) is 60.7 Å². The summed E-state index contributed by atoms with van der Waals surface area (Å²) in [6, 6.07) is 21.4. The molecule has 1 nitrogen and oxygen atoms in total. The summed E-state index contributed by atoms with van der Waals surface area (Å²) in [6.07, 6.45) is 4.63. The van der Waals surface area contributed by atoms with Crippen LogP contribution in [0.1, 0.15) is 49.1 Å². The van der Waals surface area contributed by atoms with Crippen LogP contribution in [-0.4, -0.2) is 6.21 Å². The Labute approximate surface area is 122 Å². The Bertz CT molecular complexity index is 504. The molecule has 0 aliphatic rings. The third-order valence-corrected chi connectivity index (χ3v) is 4.01. The van der Waals surface area contributed by atoms with Crippen molar-refractivity contribution in [3.63, 3.8) is 0 Å².